The topological polar surface area (TPSA) is 134 Å². The maximum atomic E-state index is 9.40. The van der Waals surface area contributed by atoms with Gasteiger partial charge in [-0.05, 0) is 255 Å². The number of fused-ring (bicyclic) bond motifs is 13. The highest BCUT2D eigenvalue weighted by molar-refractivity contribution is 9.10. The predicted octanol–water partition coefficient (Wildman–Crippen LogP) is 31.1. The second kappa shape index (κ2) is 35.5. The van der Waals surface area contributed by atoms with E-state index in [-0.39, 0.29) is 0 Å². The molecule has 0 amide bonds. The molecule has 0 saturated heterocycles. The van der Waals surface area contributed by atoms with E-state index in [1.165, 1.54) is 49.4 Å². The number of benzene rings is 20. The molecule has 0 aliphatic heterocycles. The molecule has 130 heavy (non-hydrogen) atoms. The van der Waals surface area contributed by atoms with Gasteiger partial charge in [0.15, 0.2) is 11.6 Å². The van der Waals surface area contributed by atoms with Gasteiger partial charge >= 0.3 is 7.69 Å². The average molecular weight is 1770 g/mol. The van der Waals surface area contributed by atoms with Crippen LogP contribution in [0.2, 0.25) is 10.0 Å². The van der Waals surface area contributed by atoms with Crippen LogP contribution in [0.4, 0.5) is 0 Å². The molecule has 3 heterocycles. The average Bonchev–Trinajstić information content (AvgIpc) is 1.55. The fraction of sp³-hybridized carbons (Fsp3) is 0.00855. The first kappa shape index (κ1) is 81.1. The van der Waals surface area contributed by atoms with Crippen molar-refractivity contribution in [3.63, 3.8) is 0 Å². The number of hydrogen-bond donors (Lipinski definition) is 1. The lowest BCUT2D eigenvalue weighted by Gasteiger charge is -2.16. The Morgan fingerprint density at radius 2 is 0.723 bits per heavy atom. The van der Waals surface area contributed by atoms with Gasteiger partial charge in [0.05, 0.1) is 62.4 Å². The standard InChI is InChI=1S/C53H31ClN4.C37H22BrN3.C17H11Cl.C10H8BO2/c54-41-23-26-50-46(31-41)45-28-38-10-4-5-11-39(38)30-51(45)58(50)49-27-24-44(42-12-6-7-13-43(42)49)53-56-48-25-22-40(36-16-14-33(32-55)15-17-36)29-47(48)52(57-53)37-20-18-35(19-21-37)34-8-2-1-3-9-34;38-34-20-19-32(30-8-4-5-9-31(30)34)37-40-35-21-18-29(27-12-10-24(23-39)11-13-27)22-33(35)36(41-37)28-16-14-26(15-17-28)25-6-2-1-3-7-25;18-15-6-5-13-8-14-7-11-3-1-2-4-12(11)9-16(14)17(13)10-15;12-11-13-10-6-5-8-3-1-2-4-9(8)7-10/h1-31H;1-22H;1-7,9-10H,8H2;1-7,12H. The zero-order valence-corrected chi connectivity index (χ0v) is 72.8. The maximum Gasteiger partial charge on any atom is 0.569 e. The molecular formula is C117H72BBrCl2N7O2. The van der Waals surface area contributed by atoms with Crippen LogP contribution in [0.25, 0.3) is 204 Å². The van der Waals surface area contributed by atoms with Gasteiger partial charge in [-0.1, -0.05) is 324 Å². The van der Waals surface area contributed by atoms with E-state index >= 15 is 0 Å². The van der Waals surface area contributed by atoms with Crippen LogP contribution < -0.4 is 4.65 Å². The van der Waals surface area contributed by atoms with E-state index < -0.39 is 0 Å². The van der Waals surface area contributed by atoms with Crippen molar-refractivity contribution in [2.75, 3.05) is 0 Å². The van der Waals surface area contributed by atoms with Crippen LogP contribution in [0.3, 0.4) is 0 Å². The Kier molecular flexibility index (Phi) is 22.1. The van der Waals surface area contributed by atoms with Crippen molar-refractivity contribution in [2.24, 2.45) is 0 Å². The number of rotatable bonds is 11. The Bertz CT molecular complexity index is 8460. The fourth-order valence-corrected chi connectivity index (χ4v) is 18.7. The summed E-state index contributed by atoms with van der Waals surface area (Å²) >= 11 is 16.4. The largest absolute Gasteiger partial charge is 0.569 e. The van der Waals surface area contributed by atoms with Crippen LogP contribution in [-0.4, -0.2) is 37.2 Å². The summed E-state index contributed by atoms with van der Waals surface area (Å²) in [6.45, 7) is 0. The van der Waals surface area contributed by atoms with Crippen molar-refractivity contribution in [2.45, 2.75) is 6.42 Å². The minimum absolute atomic E-state index is 0.631. The zero-order chi connectivity index (χ0) is 87.7. The lowest BCUT2D eigenvalue weighted by molar-refractivity contribution is 0.454. The van der Waals surface area contributed by atoms with Crippen molar-refractivity contribution < 1.29 is 9.68 Å². The maximum absolute atomic E-state index is 9.40. The van der Waals surface area contributed by atoms with Gasteiger partial charge in [-0.25, -0.2) is 19.9 Å². The Morgan fingerprint density at radius 1 is 0.300 bits per heavy atom. The summed E-state index contributed by atoms with van der Waals surface area (Å²) < 4.78 is 8.25. The summed E-state index contributed by atoms with van der Waals surface area (Å²) in [7, 11) is 0.685. The Morgan fingerprint density at radius 3 is 1.28 bits per heavy atom. The van der Waals surface area contributed by atoms with Gasteiger partial charge in [0.2, 0.25) is 0 Å². The van der Waals surface area contributed by atoms with Gasteiger partial charge in [-0.15, -0.1) is 0 Å². The van der Waals surface area contributed by atoms with E-state index in [9.17, 15) is 10.5 Å². The molecule has 0 saturated carbocycles. The molecule has 23 aromatic rings. The molecule has 24 rings (SSSR count). The van der Waals surface area contributed by atoms with Crippen LogP contribution in [0.1, 0.15) is 22.3 Å². The van der Waals surface area contributed by atoms with Gasteiger partial charge in [0, 0.05) is 63.7 Å². The number of aromatic nitrogens is 5. The molecule has 0 unspecified atom stereocenters. The predicted molar refractivity (Wildman–Crippen MR) is 541 cm³/mol. The highest BCUT2D eigenvalue weighted by Gasteiger charge is 2.24. The number of hydrogen-bond acceptors (Lipinski definition) is 8. The van der Waals surface area contributed by atoms with Crippen molar-refractivity contribution in [1.82, 2.24) is 24.5 Å². The summed E-state index contributed by atoms with van der Waals surface area (Å²) in [5.41, 5.74) is 26.2. The molecule has 0 atom stereocenters. The first-order valence-electron chi connectivity index (χ1n) is 42.7. The molecule has 0 fully saturated rings. The third-order valence-corrected chi connectivity index (χ3v) is 25.5. The monoisotopic (exact) mass is 1770 g/mol. The molecule has 1 aliphatic carbocycles. The normalized spacial score (nSPS) is 11.3. The minimum Gasteiger partial charge on any atom is -0.537 e. The number of halogens is 3. The molecular weight excluding hydrogens is 1700 g/mol. The van der Waals surface area contributed by atoms with E-state index in [1.54, 1.807) is 0 Å². The van der Waals surface area contributed by atoms with Gasteiger partial charge in [0.25, 0.3) is 0 Å². The molecule has 1 N–H and O–H groups in total. The summed E-state index contributed by atoms with van der Waals surface area (Å²) in [4.78, 5) is 21.0. The van der Waals surface area contributed by atoms with Crippen molar-refractivity contribution in [3.05, 3.63) is 455 Å². The van der Waals surface area contributed by atoms with Gasteiger partial charge in [0.1, 0.15) is 5.75 Å². The fourth-order valence-electron chi connectivity index (χ4n) is 17.9. The highest BCUT2D eigenvalue weighted by Crippen LogP contribution is 2.45. The van der Waals surface area contributed by atoms with E-state index in [0.717, 1.165) is 170 Å². The van der Waals surface area contributed by atoms with Crippen LogP contribution >= 0.6 is 39.1 Å². The Labute approximate surface area is 769 Å². The summed E-state index contributed by atoms with van der Waals surface area (Å²) in [5.74, 6) is 1.99. The van der Waals surface area contributed by atoms with E-state index in [2.05, 4.69) is 324 Å². The van der Waals surface area contributed by atoms with Crippen LogP contribution in [0.15, 0.2) is 423 Å². The summed E-state index contributed by atoms with van der Waals surface area (Å²) in [5, 5.41) is 44.4. The lowest BCUT2D eigenvalue weighted by atomic mass is 9.97. The Hall–Kier alpha value is -16.0. The van der Waals surface area contributed by atoms with Crippen molar-refractivity contribution in [3.8, 4) is 125 Å². The molecule has 9 nitrogen and oxygen atoms in total. The van der Waals surface area contributed by atoms with E-state index in [0.29, 0.717) is 41.2 Å². The van der Waals surface area contributed by atoms with Crippen molar-refractivity contribution in [1.29, 1.82) is 10.5 Å². The molecule has 0 bridgehead atoms. The van der Waals surface area contributed by atoms with Crippen LogP contribution in [-0.2, 0) is 6.42 Å². The van der Waals surface area contributed by atoms with Gasteiger partial charge in [-0.3, -0.25) is 0 Å². The van der Waals surface area contributed by atoms with Crippen LogP contribution in [0, 0.1) is 22.7 Å². The molecule has 3 aromatic heterocycles. The molecule has 1 aliphatic rings. The third-order valence-electron chi connectivity index (χ3n) is 24.3. The molecule has 611 valence electrons. The first-order chi connectivity index (χ1) is 64.0. The number of nitriles is 2. The van der Waals surface area contributed by atoms with Gasteiger partial charge < -0.3 is 14.2 Å². The molecule has 0 spiro atoms. The first-order valence-corrected chi connectivity index (χ1v) is 44.2. The smallest absolute Gasteiger partial charge is 0.537 e. The molecule has 20 aromatic carbocycles. The lowest BCUT2D eigenvalue weighted by Crippen LogP contribution is -1.99. The Balaban J connectivity index is 0.000000121. The summed E-state index contributed by atoms with van der Waals surface area (Å²) in [6.07, 6.45) is 1.02. The second-order valence-electron chi connectivity index (χ2n) is 32.1. The number of nitrogens with zero attached hydrogens (tertiary/aromatic N) is 7. The summed E-state index contributed by atoms with van der Waals surface area (Å²) in [6, 6.07) is 148. The van der Waals surface area contributed by atoms with E-state index in [1.807, 2.05) is 127 Å². The SMILES string of the molecule is Clc1ccc2c(c1)-c1cc3ccccc3cc1C2.N#Cc1ccc(-c2ccc3nc(-c4ccc(-n5c6ccc(Cl)cc6c6cc7ccccc7cc65)c5ccccc45)nc(-c4ccc(-c5ccccc5)cc4)c3c2)cc1.N#Cc1ccc(-c2ccc3nc(-c4ccc(Br)c5ccccc45)nc(-c4ccc(-c5ccccc5)cc4)c3c2)cc1.O[B]Oc1ccc2ccccc2c1. The van der Waals surface area contributed by atoms with E-state index in [4.69, 9.17) is 52.8 Å². The second-order valence-corrected chi connectivity index (χ2v) is 33.8. The zero-order valence-electron chi connectivity index (χ0n) is 69.7. The van der Waals surface area contributed by atoms with Crippen molar-refractivity contribution >= 4 is 144 Å². The minimum atomic E-state index is 0.631. The molecule has 1 radical (unpaired) electrons. The third kappa shape index (κ3) is 16.1. The quantitative estimate of drug-likeness (QED) is 0.127. The highest BCUT2D eigenvalue weighted by atomic mass is 79.9. The van der Waals surface area contributed by atoms with Gasteiger partial charge in [-0.2, -0.15) is 10.5 Å². The molecule has 13 heteroatoms. The van der Waals surface area contributed by atoms with Crippen LogP contribution in [0.5, 0.6) is 5.75 Å².